The summed E-state index contributed by atoms with van der Waals surface area (Å²) in [5.74, 6) is -0.288. The van der Waals surface area contributed by atoms with Crippen LogP contribution in [0.15, 0.2) is 41.8 Å². The van der Waals surface area contributed by atoms with Gasteiger partial charge in [0.2, 0.25) is 15.9 Å². The van der Waals surface area contributed by atoms with E-state index in [1.54, 1.807) is 0 Å². The molecule has 130 valence electrons. The first kappa shape index (κ1) is 18.1. The molecule has 0 aliphatic carbocycles. The highest BCUT2D eigenvalue weighted by Gasteiger charge is 2.36. The highest BCUT2D eigenvalue weighted by Crippen LogP contribution is 2.27. The molecule has 1 aromatic carbocycles. The number of benzene rings is 1. The molecule has 0 bridgehead atoms. The second-order valence-corrected chi connectivity index (χ2v) is 7.85. The number of amides is 1. The molecule has 24 heavy (non-hydrogen) atoms. The fraction of sp³-hybridized carbons (Fsp3) is 0.400. The average molecular weight is 353 g/mol. The first-order valence-electron chi connectivity index (χ1n) is 7.37. The molecule has 1 N–H and O–H groups in total. The standard InChI is InChI=1S/C15H19N3O5S/c1-3-14(19)16-15(2)8-10-17(11-9-15)24(22,23)13-6-4-12(5-7-13)18(20)21/h3-7H,1,8-11H2,2H3,(H,16,19). The summed E-state index contributed by atoms with van der Waals surface area (Å²) in [6.07, 6.45) is 2.13. The largest absolute Gasteiger partial charge is 0.347 e. The molecule has 0 aromatic heterocycles. The van der Waals surface area contributed by atoms with E-state index in [2.05, 4.69) is 11.9 Å². The number of rotatable bonds is 5. The van der Waals surface area contributed by atoms with Crippen LogP contribution in [-0.4, -0.2) is 42.2 Å². The second kappa shape index (κ2) is 6.70. The molecule has 1 amide bonds. The van der Waals surface area contributed by atoms with E-state index in [1.165, 1.54) is 34.6 Å². The SMILES string of the molecule is C=CC(=O)NC1(C)CCN(S(=O)(=O)c2ccc([N+](=O)[O-])cc2)CC1. The number of nitrogens with zero attached hydrogens (tertiary/aromatic N) is 2. The third-order valence-corrected chi connectivity index (χ3v) is 6.03. The monoisotopic (exact) mass is 353 g/mol. The van der Waals surface area contributed by atoms with Crippen molar-refractivity contribution in [3.8, 4) is 0 Å². The van der Waals surface area contributed by atoms with Gasteiger partial charge in [0.25, 0.3) is 5.69 Å². The number of carbonyl (C=O) groups excluding carboxylic acids is 1. The summed E-state index contributed by atoms with van der Waals surface area (Å²) < 4.78 is 26.6. The molecule has 2 rings (SSSR count). The Kier molecular flexibility index (Phi) is 5.05. The van der Waals surface area contributed by atoms with Crippen LogP contribution in [0.1, 0.15) is 19.8 Å². The summed E-state index contributed by atoms with van der Waals surface area (Å²) >= 11 is 0. The van der Waals surface area contributed by atoms with Gasteiger partial charge in [-0.3, -0.25) is 14.9 Å². The number of piperidine rings is 1. The van der Waals surface area contributed by atoms with Crippen LogP contribution in [0, 0.1) is 10.1 Å². The molecule has 1 saturated heterocycles. The summed E-state index contributed by atoms with van der Waals surface area (Å²) in [5.41, 5.74) is -0.639. The van der Waals surface area contributed by atoms with Gasteiger partial charge in [-0.05, 0) is 38.0 Å². The van der Waals surface area contributed by atoms with Gasteiger partial charge >= 0.3 is 0 Å². The molecule has 1 aliphatic rings. The molecule has 0 unspecified atom stereocenters. The maximum absolute atomic E-state index is 12.6. The molecule has 0 spiro atoms. The van der Waals surface area contributed by atoms with Crippen molar-refractivity contribution in [3.63, 3.8) is 0 Å². The zero-order valence-electron chi connectivity index (χ0n) is 13.3. The first-order chi connectivity index (χ1) is 11.2. The van der Waals surface area contributed by atoms with Crippen LogP contribution in [0.2, 0.25) is 0 Å². The van der Waals surface area contributed by atoms with Crippen LogP contribution in [0.5, 0.6) is 0 Å². The van der Waals surface area contributed by atoms with E-state index in [0.29, 0.717) is 12.8 Å². The van der Waals surface area contributed by atoms with Crippen molar-refractivity contribution in [2.24, 2.45) is 0 Å². The van der Waals surface area contributed by atoms with Gasteiger partial charge in [-0.1, -0.05) is 6.58 Å². The lowest BCUT2D eigenvalue weighted by atomic mass is 9.90. The smallest absolute Gasteiger partial charge is 0.269 e. The zero-order valence-corrected chi connectivity index (χ0v) is 14.1. The molecule has 8 nitrogen and oxygen atoms in total. The highest BCUT2D eigenvalue weighted by molar-refractivity contribution is 7.89. The summed E-state index contributed by atoms with van der Waals surface area (Å²) in [7, 11) is -3.71. The van der Waals surface area contributed by atoms with E-state index in [0.717, 1.165) is 0 Å². The van der Waals surface area contributed by atoms with E-state index >= 15 is 0 Å². The second-order valence-electron chi connectivity index (χ2n) is 5.91. The number of carbonyl (C=O) groups is 1. The van der Waals surface area contributed by atoms with Gasteiger partial charge in [-0.15, -0.1) is 0 Å². The Morgan fingerprint density at radius 2 is 1.88 bits per heavy atom. The number of nitro benzene ring substituents is 1. The Morgan fingerprint density at radius 1 is 1.33 bits per heavy atom. The Balaban J connectivity index is 2.11. The number of nitro groups is 1. The quantitative estimate of drug-likeness (QED) is 0.489. The predicted molar refractivity (Wildman–Crippen MR) is 87.8 cm³/mol. The molecule has 9 heteroatoms. The fourth-order valence-corrected chi connectivity index (χ4v) is 4.02. The van der Waals surface area contributed by atoms with Gasteiger partial charge in [0, 0.05) is 30.8 Å². The minimum absolute atomic E-state index is 0.0202. The molecular weight excluding hydrogens is 334 g/mol. The number of non-ortho nitro benzene ring substituents is 1. The minimum Gasteiger partial charge on any atom is -0.347 e. The van der Waals surface area contributed by atoms with Crippen molar-refractivity contribution in [1.82, 2.24) is 9.62 Å². The maximum Gasteiger partial charge on any atom is 0.269 e. The van der Waals surface area contributed by atoms with E-state index < -0.39 is 20.5 Å². The van der Waals surface area contributed by atoms with Crippen molar-refractivity contribution >= 4 is 21.6 Å². The van der Waals surface area contributed by atoms with Gasteiger partial charge in [0.05, 0.1) is 9.82 Å². The summed E-state index contributed by atoms with van der Waals surface area (Å²) in [6.45, 7) is 5.78. The van der Waals surface area contributed by atoms with E-state index in [4.69, 9.17) is 0 Å². The Bertz CT molecular complexity index is 750. The maximum atomic E-state index is 12.6. The molecule has 1 heterocycles. The Hall–Kier alpha value is -2.26. The topological polar surface area (TPSA) is 110 Å². The van der Waals surface area contributed by atoms with E-state index in [1.807, 2.05) is 6.92 Å². The van der Waals surface area contributed by atoms with E-state index in [9.17, 15) is 23.3 Å². The summed E-state index contributed by atoms with van der Waals surface area (Å²) in [4.78, 5) is 21.6. The van der Waals surface area contributed by atoms with Crippen molar-refractivity contribution < 1.29 is 18.1 Å². The lowest BCUT2D eigenvalue weighted by Crippen LogP contribution is -2.53. The van der Waals surface area contributed by atoms with Crippen LogP contribution in [0.3, 0.4) is 0 Å². The summed E-state index contributed by atoms with van der Waals surface area (Å²) in [6, 6.07) is 4.82. The average Bonchev–Trinajstić information content (AvgIpc) is 2.54. The van der Waals surface area contributed by atoms with Crippen LogP contribution >= 0.6 is 0 Å². The molecule has 0 saturated carbocycles. The van der Waals surface area contributed by atoms with Crippen LogP contribution in [0.25, 0.3) is 0 Å². The molecular formula is C15H19N3O5S. The highest BCUT2D eigenvalue weighted by atomic mass is 32.2. The third-order valence-electron chi connectivity index (χ3n) is 4.12. The Morgan fingerprint density at radius 3 is 2.33 bits per heavy atom. The molecule has 1 aliphatic heterocycles. The normalized spacial score (nSPS) is 17.9. The van der Waals surface area contributed by atoms with Crippen molar-refractivity contribution in [2.75, 3.05) is 13.1 Å². The van der Waals surface area contributed by atoms with Crippen LogP contribution < -0.4 is 5.32 Å². The Labute approximate surface area is 140 Å². The zero-order chi connectivity index (χ0) is 18.0. The van der Waals surface area contributed by atoms with Crippen molar-refractivity contribution in [1.29, 1.82) is 0 Å². The molecule has 0 atom stereocenters. The van der Waals surface area contributed by atoms with Gasteiger partial charge in [0.15, 0.2) is 0 Å². The third kappa shape index (κ3) is 3.80. The van der Waals surface area contributed by atoms with Crippen LogP contribution in [0.4, 0.5) is 5.69 Å². The van der Waals surface area contributed by atoms with Gasteiger partial charge in [-0.25, -0.2) is 8.42 Å². The van der Waals surface area contributed by atoms with Gasteiger partial charge in [-0.2, -0.15) is 4.31 Å². The minimum atomic E-state index is -3.71. The van der Waals surface area contributed by atoms with Crippen LogP contribution in [-0.2, 0) is 14.8 Å². The number of nitrogens with one attached hydrogen (secondary N) is 1. The number of hydrogen-bond donors (Lipinski definition) is 1. The van der Waals surface area contributed by atoms with E-state index in [-0.39, 0.29) is 29.6 Å². The summed E-state index contributed by atoms with van der Waals surface area (Å²) in [5, 5.41) is 13.5. The molecule has 1 aromatic rings. The molecule has 0 radical (unpaired) electrons. The fourth-order valence-electron chi connectivity index (χ4n) is 2.58. The lowest BCUT2D eigenvalue weighted by molar-refractivity contribution is -0.384. The first-order valence-corrected chi connectivity index (χ1v) is 8.81. The number of sulfonamides is 1. The van der Waals surface area contributed by atoms with Gasteiger partial charge in [0.1, 0.15) is 0 Å². The van der Waals surface area contributed by atoms with Gasteiger partial charge < -0.3 is 5.32 Å². The number of hydrogen-bond acceptors (Lipinski definition) is 5. The molecule has 1 fully saturated rings. The van der Waals surface area contributed by atoms with Crippen molar-refractivity contribution in [2.45, 2.75) is 30.2 Å². The van der Waals surface area contributed by atoms with Crippen molar-refractivity contribution in [3.05, 3.63) is 47.0 Å². The predicted octanol–water partition coefficient (Wildman–Crippen LogP) is 1.44. The lowest BCUT2D eigenvalue weighted by Gasteiger charge is -2.39.